The lowest BCUT2D eigenvalue weighted by atomic mass is 9.92. The molecule has 0 aromatic rings. The van der Waals surface area contributed by atoms with Crippen molar-refractivity contribution < 1.29 is 0 Å². The van der Waals surface area contributed by atoms with E-state index in [1.165, 1.54) is 0 Å². The van der Waals surface area contributed by atoms with Crippen LogP contribution in [0.2, 0.25) is 0 Å². The van der Waals surface area contributed by atoms with Crippen LogP contribution >= 0.6 is 0 Å². The summed E-state index contributed by atoms with van der Waals surface area (Å²) in [4.78, 5) is 0. The minimum Gasteiger partial charge on any atom is -0.402 e. The van der Waals surface area contributed by atoms with Gasteiger partial charge in [0.2, 0.25) is 0 Å². The molecule has 3 nitrogen and oxygen atoms in total. The van der Waals surface area contributed by atoms with Crippen LogP contribution in [0.15, 0.2) is 11.8 Å². The molecule has 3 heteroatoms. The van der Waals surface area contributed by atoms with E-state index in [1.807, 2.05) is 13.0 Å². The minimum atomic E-state index is -0.130. The average Bonchev–Trinajstić information content (AvgIpc) is 1.85. The van der Waals surface area contributed by atoms with E-state index >= 15 is 0 Å². The molecule has 0 saturated heterocycles. The van der Waals surface area contributed by atoms with E-state index in [1.54, 1.807) is 0 Å². The van der Waals surface area contributed by atoms with Crippen LogP contribution < -0.4 is 16.8 Å². The molecule has 5 N–H and O–H groups in total. The third kappa shape index (κ3) is 4.36. The zero-order chi connectivity index (χ0) is 9.78. The predicted molar refractivity (Wildman–Crippen MR) is 53.4 cm³/mol. The fourth-order valence-corrected chi connectivity index (χ4v) is 0.738. The first kappa shape index (κ1) is 11.5. The van der Waals surface area contributed by atoms with Crippen LogP contribution in [0.1, 0.15) is 27.7 Å². The summed E-state index contributed by atoms with van der Waals surface area (Å²) in [5.74, 6) is 0. The molecule has 12 heavy (non-hydrogen) atoms. The number of nitrogens with two attached hydrogens (primary N) is 2. The van der Waals surface area contributed by atoms with E-state index in [4.69, 9.17) is 11.5 Å². The molecule has 0 amide bonds. The summed E-state index contributed by atoms with van der Waals surface area (Å²) in [6.45, 7) is 9.07. The fraction of sp³-hybridized carbons (Fsp3) is 0.778. The molecule has 0 rings (SSSR count). The molecule has 0 aliphatic carbocycles. The lowest BCUT2D eigenvalue weighted by molar-refractivity contribution is 0.488. The fourth-order valence-electron chi connectivity index (χ4n) is 0.738. The molecule has 0 heterocycles. The van der Waals surface area contributed by atoms with E-state index in [9.17, 15) is 0 Å². The second-order valence-electron chi connectivity index (χ2n) is 3.96. The Hall–Kier alpha value is -0.540. The SMILES string of the molecule is CCNC(N)/C=C(\N)C(C)(C)C. The summed E-state index contributed by atoms with van der Waals surface area (Å²) in [5.41, 5.74) is 12.4. The van der Waals surface area contributed by atoms with Gasteiger partial charge in [-0.15, -0.1) is 0 Å². The van der Waals surface area contributed by atoms with Crippen LogP contribution in [0.3, 0.4) is 0 Å². The van der Waals surface area contributed by atoms with Gasteiger partial charge in [0, 0.05) is 11.1 Å². The summed E-state index contributed by atoms with van der Waals surface area (Å²) in [6, 6.07) is 0. The Morgan fingerprint density at radius 1 is 1.50 bits per heavy atom. The van der Waals surface area contributed by atoms with Gasteiger partial charge in [0.15, 0.2) is 0 Å². The van der Waals surface area contributed by atoms with E-state index in [-0.39, 0.29) is 11.6 Å². The lowest BCUT2D eigenvalue weighted by Gasteiger charge is -2.20. The van der Waals surface area contributed by atoms with Crippen molar-refractivity contribution in [1.82, 2.24) is 5.32 Å². The Morgan fingerprint density at radius 3 is 2.33 bits per heavy atom. The van der Waals surface area contributed by atoms with Crippen molar-refractivity contribution in [1.29, 1.82) is 0 Å². The van der Waals surface area contributed by atoms with Crippen molar-refractivity contribution in [2.75, 3.05) is 6.54 Å². The molecule has 1 unspecified atom stereocenters. The highest BCUT2D eigenvalue weighted by Crippen LogP contribution is 2.20. The Morgan fingerprint density at radius 2 is 2.00 bits per heavy atom. The van der Waals surface area contributed by atoms with E-state index in [0.29, 0.717) is 0 Å². The molecule has 0 saturated carbocycles. The largest absolute Gasteiger partial charge is 0.402 e. The van der Waals surface area contributed by atoms with Crippen molar-refractivity contribution in [2.24, 2.45) is 16.9 Å². The molecule has 0 aromatic carbocycles. The molecule has 1 atom stereocenters. The first-order valence-corrected chi connectivity index (χ1v) is 4.34. The topological polar surface area (TPSA) is 64.1 Å². The number of nitrogens with one attached hydrogen (secondary N) is 1. The summed E-state index contributed by atoms with van der Waals surface area (Å²) in [5, 5.41) is 3.07. The van der Waals surface area contributed by atoms with Crippen LogP contribution in [-0.2, 0) is 0 Å². The first-order chi connectivity index (χ1) is 5.38. The van der Waals surface area contributed by atoms with Crippen molar-refractivity contribution >= 4 is 0 Å². The highest BCUT2D eigenvalue weighted by Gasteiger charge is 2.14. The molecule has 0 fully saturated rings. The number of allylic oxidation sites excluding steroid dienone is 1. The average molecular weight is 171 g/mol. The number of likely N-dealkylation sites (N-methyl/N-ethyl adjacent to an activating group) is 1. The normalized spacial score (nSPS) is 16.2. The number of rotatable bonds is 3. The van der Waals surface area contributed by atoms with Gasteiger partial charge in [0.25, 0.3) is 0 Å². The Kier molecular flexibility index (Phi) is 4.28. The van der Waals surface area contributed by atoms with Crippen molar-refractivity contribution in [3.8, 4) is 0 Å². The van der Waals surface area contributed by atoms with Crippen LogP contribution in [-0.4, -0.2) is 12.7 Å². The second-order valence-corrected chi connectivity index (χ2v) is 3.96. The van der Waals surface area contributed by atoms with Gasteiger partial charge in [0.05, 0.1) is 6.17 Å². The smallest absolute Gasteiger partial charge is 0.0758 e. The van der Waals surface area contributed by atoms with E-state index < -0.39 is 0 Å². The second kappa shape index (κ2) is 4.48. The van der Waals surface area contributed by atoms with Crippen LogP contribution in [0.25, 0.3) is 0 Å². The molecule has 0 radical (unpaired) electrons. The van der Waals surface area contributed by atoms with Gasteiger partial charge >= 0.3 is 0 Å². The van der Waals surface area contributed by atoms with Gasteiger partial charge in [0.1, 0.15) is 0 Å². The molecule has 0 aromatic heterocycles. The van der Waals surface area contributed by atoms with Gasteiger partial charge in [-0.1, -0.05) is 27.7 Å². The first-order valence-electron chi connectivity index (χ1n) is 4.34. The highest BCUT2D eigenvalue weighted by atomic mass is 15.0. The molecule has 0 aliphatic heterocycles. The number of hydrogen-bond acceptors (Lipinski definition) is 3. The molecule has 0 bridgehead atoms. The molecule has 0 aliphatic rings. The van der Waals surface area contributed by atoms with E-state index in [0.717, 1.165) is 12.2 Å². The minimum absolute atomic E-state index is 0.00699. The van der Waals surface area contributed by atoms with Gasteiger partial charge in [-0.3, -0.25) is 5.32 Å². The van der Waals surface area contributed by atoms with Gasteiger partial charge in [-0.25, -0.2) is 0 Å². The molecule has 0 spiro atoms. The maximum absolute atomic E-state index is 5.82. The summed E-state index contributed by atoms with van der Waals surface area (Å²) < 4.78 is 0. The monoisotopic (exact) mass is 171 g/mol. The predicted octanol–water partition coefficient (Wildman–Crippen LogP) is 0.769. The van der Waals surface area contributed by atoms with Crippen molar-refractivity contribution in [3.05, 3.63) is 11.8 Å². The third-order valence-electron chi connectivity index (χ3n) is 1.66. The maximum atomic E-state index is 5.82. The maximum Gasteiger partial charge on any atom is 0.0758 e. The Balaban J connectivity index is 4.16. The molecule has 72 valence electrons. The summed E-state index contributed by atoms with van der Waals surface area (Å²) >= 11 is 0. The zero-order valence-corrected chi connectivity index (χ0v) is 8.52. The van der Waals surface area contributed by atoms with Gasteiger partial charge in [-0.2, -0.15) is 0 Å². The third-order valence-corrected chi connectivity index (χ3v) is 1.66. The van der Waals surface area contributed by atoms with E-state index in [2.05, 4.69) is 26.1 Å². The zero-order valence-electron chi connectivity index (χ0n) is 8.52. The van der Waals surface area contributed by atoms with Crippen molar-refractivity contribution in [3.63, 3.8) is 0 Å². The molecular weight excluding hydrogens is 150 g/mol. The summed E-state index contributed by atoms with van der Waals surface area (Å²) in [6.07, 6.45) is 1.73. The van der Waals surface area contributed by atoms with Crippen LogP contribution in [0, 0.1) is 5.41 Å². The van der Waals surface area contributed by atoms with Gasteiger partial charge < -0.3 is 11.5 Å². The van der Waals surface area contributed by atoms with Gasteiger partial charge in [-0.05, 0) is 12.6 Å². The summed E-state index contributed by atoms with van der Waals surface area (Å²) in [7, 11) is 0. The Labute approximate surface area is 75.2 Å². The Bertz CT molecular complexity index is 156. The standard InChI is InChI=1S/C9H21N3/c1-5-12-8(11)6-7(10)9(2,3)4/h6,8,12H,5,10-11H2,1-4H3/b7-6-. The van der Waals surface area contributed by atoms with Crippen LogP contribution in [0.4, 0.5) is 0 Å². The quantitative estimate of drug-likeness (QED) is 0.550. The van der Waals surface area contributed by atoms with Crippen LogP contribution in [0.5, 0.6) is 0 Å². The highest BCUT2D eigenvalue weighted by molar-refractivity contribution is 5.08. The number of hydrogen-bond donors (Lipinski definition) is 3. The lowest BCUT2D eigenvalue weighted by Crippen LogP contribution is -2.37. The molecular formula is C9H21N3. The van der Waals surface area contributed by atoms with Crippen molar-refractivity contribution in [2.45, 2.75) is 33.9 Å².